The minimum Gasteiger partial charge on any atom is -0.381 e. The molecule has 1 saturated heterocycles. The van der Waals surface area contributed by atoms with Crippen molar-refractivity contribution >= 4 is 33.4 Å². The number of carbonyl (C=O) groups excluding carboxylic acids is 1. The summed E-state index contributed by atoms with van der Waals surface area (Å²) in [4.78, 5) is 18.7. The third kappa shape index (κ3) is 3.15. The van der Waals surface area contributed by atoms with Gasteiger partial charge in [-0.15, -0.1) is 0 Å². The quantitative estimate of drug-likeness (QED) is 0.776. The maximum absolute atomic E-state index is 12.7. The molecule has 1 aliphatic heterocycles. The highest BCUT2D eigenvalue weighted by atomic mass is 79.9. The Bertz CT molecular complexity index is 516. The van der Waals surface area contributed by atoms with Gasteiger partial charge in [0.1, 0.15) is 5.15 Å². The van der Waals surface area contributed by atoms with Gasteiger partial charge >= 0.3 is 0 Å². The molecule has 0 bridgehead atoms. The fraction of sp³-hybridized carbons (Fsp3) is 0.571. The van der Waals surface area contributed by atoms with E-state index in [2.05, 4.69) is 20.9 Å². The Balaban J connectivity index is 1.79. The average molecular weight is 360 g/mol. The molecule has 4 nitrogen and oxygen atoms in total. The number of halogens is 2. The van der Waals surface area contributed by atoms with Gasteiger partial charge in [-0.1, -0.05) is 11.6 Å². The molecule has 0 N–H and O–H groups in total. The van der Waals surface area contributed by atoms with Crippen LogP contribution in [0.5, 0.6) is 0 Å². The fourth-order valence-electron chi connectivity index (χ4n) is 2.52. The van der Waals surface area contributed by atoms with Crippen LogP contribution in [0, 0.1) is 5.92 Å². The van der Waals surface area contributed by atoms with Crippen molar-refractivity contribution in [2.75, 3.05) is 19.8 Å². The average Bonchev–Trinajstić information content (AvgIpc) is 3.15. The van der Waals surface area contributed by atoms with E-state index >= 15 is 0 Å². The maximum Gasteiger partial charge on any atom is 0.257 e. The van der Waals surface area contributed by atoms with E-state index in [1.165, 1.54) is 0 Å². The van der Waals surface area contributed by atoms with E-state index in [0.717, 1.165) is 43.5 Å². The van der Waals surface area contributed by atoms with E-state index in [0.29, 0.717) is 17.5 Å². The van der Waals surface area contributed by atoms with Crippen molar-refractivity contribution in [1.82, 2.24) is 9.88 Å². The first kappa shape index (κ1) is 14.3. The van der Waals surface area contributed by atoms with Gasteiger partial charge in [-0.05, 0) is 41.3 Å². The monoisotopic (exact) mass is 358 g/mol. The number of carbonyl (C=O) groups is 1. The van der Waals surface area contributed by atoms with Crippen LogP contribution in [-0.4, -0.2) is 41.6 Å². The summed E-state index contributed by atoms with van der Waals surface area (Å²) in [7, 11) is 0. The number of ether oxygens (including phenoxy) is 1. The van der Waals surface area contributed by atoms with E-state index in [1.807, 2.05) is 4.90 Å². The molecule has 3 rings (SSSR count). The number of hydrogen-bond acceptors (Lipinski definition) is 3. The molecular weight excluding hydrogens is 344 g/mol. The van der Waals surface area contributed by atoms with Crippen molar-refractivity contribution in [3.05, 3.63) is 27.5 Å². The van der Waals surface area contributed by atoms with Gasteiger partial charge in [0.05, 0.1) is 12.2 Å². The van der Waals surface area contributed by atoms with Crippen LogP contribution < -0.4 is 0 Å². The summed E-state index contributed by atoms with van der Waals surface area (Å²) >= 11 is 9.42. The van der Waals surface area contributed by atoms with Crippen LogP contribution >= 0.6 is 27.5 Å². The Labute approximate surface area is 131 Å². The van der Waals surface area contributed by atoms with Gasteiger partial charge in [-0.2, -0.15) is 0 Å². The van der Waals surface area contributed by atoms with Crippen LogP contribution in [0.2, 0.25) is 5.15 Å². The Morgan fingerprint density at radius 1 is 1.50 bits per heavy atom. The van der Waals surface area contributed by atoms with E-state index in [4.69, 9.17) is 16.3 Å². The summed E-state index contributed by atoms with van der Waals surface area (Å²) in [5.74, 6) is 0.427. The van der Waals surface area contributed by atoms with Gasteiger partial charge in [0.25, 0.3) is 5.91 Å². The van der Waals surface area contributed by atoms with Gasteiger partial charge < -0.3 is 9.64 Å². The molecule has 0 unspecified atom stereocenters. The Hall–Kier alpha value is -0.650. The minimum atomic E-state index is -0.0156. The van der Waals surface area contributed by atoms with Crippen molar-refractivity contribution in [2.45, 2.75) is 25.3 Å². The highest BCUT2D eigenvalue weighted by Gasteiger charge is 2.36. The van der Waals surface area contributed by atoms with Crippen LogP contribution in [0.1, 0.15) is 29.6 Å². The topological polar surface area (TPSA) is 42.4 Å². The Morgan fingerprint density at radius 2 is 2.30 bits per heavy atom. The molecule has 20 heavy (non-hydrogen) atoms. The van der Waals surface area contributed by atoms with Gasteiger partial charge in [-0.25, -0.2) is 4.98 Å². The van der Waals surface area contributed by atoms with Crippen molar-refractivity contribution in [3.63, 3.8) is 0 Å². The summed E-state index contributed by atoms with van der Waals surface area (Å²) in [5, 5.41) is 0.270. The van der Waals surface area contributed by atoms with Crippen molar-refractivity contribution in [2.24, 2.45) is 5.92 Å². The Kier molecular flexibility index (Phi) is 4.29. The van der Waals surface area contributed by atoms with E-state index in [9.17, 15) is 4.79 Å². The summed E-state index contributed by atoms with van der Waals surface area (Å²) in [6, 6.07) is 2.11. The molecule has 0 aromatic carbocycles. The van der Waals surface area contributed by atoms with Crippen molar-refractivity contribution in [3.8, 4) is 0 Å². The van der Waals surface area contributed by atoms with Gasteiger partial charge in [0, 0.05) is 35.8 Å². The number of rotatable bonds is 4. The molecule has 1 aromatic heterocycles. The number of aromatic nitrogens is 1. The first-order chi connectivity index (χ1) is 9.65. The minimum absolute atomic E-state index is 0.0156. The zero-order valence-corrected chi connectivity index (χ0v) is 13.4. The number of pyridine rings is 1. The van der Waals surface area contributed by atoms with E-state index in [1.54, 1.807) is 12.3 Å². The number of amides is 1. The Morgan fingerprint density at radius 3 is 2.95 bits per heavy atom. The molecule has 6 heteroatoms. The smallest absolute Gasteiger partial charge is 0.257 e. The lowest BCUT2D eigenvalue weighted by Gasteiger charge is -2.25. The molecule has 1 saturated carbocycles. The normalized spacial score (nSPS) is 22.0. The molecule has 2 fully saturated rings. The third-order valence-corrected chi connectivity index (χ3v) is 4.50. The van der Waals surface area contributed by atoms with Crippen LogP contribution in [0.25, 0.3) is 0 Å². The second kappa shape index (κ2) is 6.00. The fourth-order valence-corrected chi connectivity index (χ4v) is 3.03. The summed E-state index contributed by atoms with van der Waals surface area (Å²) in [5.41, 5.74) is 0.479. The zero-order chi connectivity index (χ0) is 14.1. The summed E-state index contributed by atoms with van der Waals surface area (Å²) in [6.07, 6.45) is 4.79. The highest BCUT2D eigenvalue weighted by molar-refractivity contribution is 9.10. The lowest BCUT2D eigenvalue weighted by atomic mass is 10.1. The first-order valence-corrected chi connectivity index (χ1v) is 8.02. The zero-order valence-electron chi connectivity index (χ0n) is 11.0. The van der Waals surface area contributed by atoms with Crippen LogP contribution in [0.4, 0.5) is 0 Å². The number of nitrogens with zero attached hydrogens (tertiary/aromatic N) is 2. The summed E-state index contributed by atoms with van der Waals surface area (Å²) in [6.45, 7) is 2.31. The highest BCUT2D eigenvalue weighted by Crippen LogP contribution is 2.31. The molecule has 1 amide bonds. The van der Waals surface area contributed by atoms with Crippen molar-refractivity contribution < 1.29 is 9.53 Å². The first-order valence-electron chi connectivity index (χ1n) is 6.85. The molecule has 2 heterocycles. The lowest BCUT2D eigenvalue weighted by Crippen LogP contribution is -2.37. The van der Waals surface area contributed by atoms with Gasteiger partial charge in [-0.3, -0.25) is 4.79 Å². The van der Waals surface area contributed by atoms with Gasteiger partial charge in [0.15, 0.2) is 0 Å². The molecule has 108 valence electrons. The molecule has 0 spiro atoms. The molecule has 2 aliphatic rings. The van der Waals surface area contributed by atoms with Gasteiger partial charge in [0.2, 0.25) is 0 Å². The van der Waals surface area contributed by atoms with E-state index < -0.39 is 0 Å². The number of hydrogen-bond donors (Lipinski definition) is 0. The largest absolute Gasteiger partial charge is 0.381 e. The predicted molar refractivity (Wildman–Crippen MR) is 79.9 cm³/mol. The third-order valence-electron chi connectivity index (χ3n) is 3.76. The molecule has 1 aromatic rings. The van der Waals surface area contributed by atoms with Crippen molar-refractivity contribution in [1.29, 1.82) is 0 Å². The van der Waals surface area contributed by atoms with E-state index in [-0.39, 0.29) is 11.1 Å². The SMILES string of the molecule is O=C(c1cc(Br)cnc1Cl)N(C[C@@H]1CCOC1)C1CC1. The lowest BCUT2D eigenvalue weighted by molar-refractivity contribution is 0.0706. The molecule has 1 aliphatic carbocycles. The molecule has 1 atom stereocenters. The standard InChI is InChI=1S/C14H16BrClN2O2/c15-10-5-12(13(16)17-6-10)14(19)18(11-1-2-11)7-9-3-4-20-8-9/h5-6,9,11H,1-4,7-8H2/t9-/m0/s1. The predicted octanol–water partition coefficient (Wildman–Crippen LogP) is 3.14. The molecular formula is C14H16BrClN2O2. The second-order valence-electron chi connectivity index (χ2n) is 5.41. The maximum atomic E-state index is 12.7. The van der Waals surface area contributed by atoms with Crippen LogP contribution in [0.15, 0.2) is 16.7 Å². The van der Waals surface area contributed by atoms with Crippen LogP contribution in [-0.2, 0) is 4.74 Å². The summed E-state index contributed by atoms with van der Waals surface area (Å²) < 4.78 is 6.17. The molecule has 0 radical (unpaired) electrons. The van der Waals surface area contributed by atoms with Crippen LogP contribution in [0.3, 0.4) is 0 Å². The second-order valence-corrected chi connectivity index (χ2v) is 6.68.